The summed E-state index contributed by atoms with van der Waals surface area (Å²) in [6, 6.07) is 11.5. The molecule has 0 unspecified atom stereocenters. The molecule has 130 valence electrons. The fourth-order valence-electron chi connectivity index (χ4n) is 2.80. The third-order valence-electron chi connectivity index (χ3n) is 4.11. The Labute approximate surface area is 148 Å². The van der Waals surface area contributed by atoms with Crippen molar-refractivity contribution in [2.24, 2.45) is 5.10 Å². The van der Waals surface area contributed by atoms with Crippen LogP contribution in [0.15, 0.2) is 53.1 Å². The molecule has 2 heterocycles. The van der Waals surface area contributed by atoms with Gasteiger partial charge in [0.15, 0.2) is 11.5 Å². The van der Waals surface area contributed by atoms with E-state index in [0.717, 1.165) is 5.56 Å². The van der Waals surface area contributed by atoms with Crippen molar-refractivity contribution in [2.75, 3.05) is 11.8 Å². The normalized spacial score (nSPS) is 17.0. The zero-order valence-electron chi connectivity index (χ0n) is 13.8. The Morgan fingerprint density at radius 3 is 2.81 bits per heavy atom. The van der Waals surface area contributed by atoms with Gasteiger partial charge in [0.2, 0.25) is 6.79 Å². The number of amides is 1. The van der Waals surface area contributed by atoms with E-state index in [1.165, 1.54) is 17.1 Å². The number of carboxylic acid groups (broad SMARTS) is 1. The van der Waals surface area contributed by atoms with Crippen molar-refractivity contribution in [3.63, 3.8) is 0 Å². The monoisotopic (exact) mass is 350 g/mol. The first-order valence-electron chi connectivity index (χ1n) is 7.88. The number of hydrazone groups is 1. The molecule has 0 aliphatic carbocycles. The molecule has 2 aliphatic heterocycles. The van der Waals surface area contributed by atoms with Gasteiger partial charge in [-0.2, -0.15) is 10.1 Å². The third-order valence-corrected chi connectivity index (χ3v) is 4.11. The van der Waals surface area contributed by atoms with Gasteiger partial charge in [0.05, 0.1) is 22.5 Å². The number of aromatic carboxylic acids is 1. The number of carbonyl (C=O) groups excluding carboxylic acids is 1. The highest BCUT2D eigenvalue weighted by Gasteiger charge is 2.29. The Bertz CT molecular complexity index is 993. The van der Waals surface area contributed by atoms with Crippen molar-refractivity contribution < 1.29 is 24.2 Å². The van der Waals surface area contributed by atoms with Crippen LogP contribution in [0.5, 0.6) is 11.5 Å². The summed E-state index contributed by atoms with van der Waals surface area (Å²) in [6.45, 7) is 1.92. The zero-order valence-corrected chi connectivity index (χ0v) is 13.8. The molecular formula is C19H14N2O5. The maximum Gasteiger partial charge on any atom is 0.335 e. The molecule has 2 aromatic rings. The first kappa shape index (κ1) is 15.9. The summed E-state index contributed by atoms with van der Waals surface area (Å²) in [5.74, 6) is -0.0779. The number of carbonyl (C=O) groups is 2. The van der Waals surface area contributed by atoms with Gasteiger partial charge in [-0.05, 0) is 48.9 Å². The summed E-state index contributed by atoms with van der Waals surface area (Å²) in [6.07, 6.45) is 1.73. The molecule has 2 aliphatic rings. The fourth-order valence-corrected chi connectivity index (χ4v) is 2.80. The van der Waals surface area contributed by atoms with Crippen LogP contribution in [0.3, 0.4) is 0 Å². The number of rotatable bonds is 3. The lowest BCUT2D eigenvalue weighted by atomic mass is 10.1. The number of carboxylic acids is 1. The Kier molecular flexibility index (Phi) is 3.69. The molecule has 0 saturated carbocycles. The molecule has 1 N–H and O–H groups in total. The lowest BCUT2D eigenvalue weighted by Gasteiger charge is -2.12. The molecule has 0 saturated heterocycles. The van der Waals surface area contributed by atoms with Gasteiger partial charge in [0.25, 0.3) is 5.91 Å². The average Bonchev–Trinajstić information content (AvgIpc) is 3.21. The molecule has 7 nitrogen and oxygen atoms in total. The van der Waals surface area contributed by atoms with E-state index >= 15 is 0 Å². The molecule has 0 spiro atoms. The summed E-state index contributed by atoms with van der Waals surface area (Å²) >= 11 is 0. The van der Waals surface area contributed by atoms with E-state index in [1.807, 2.05) is 6.07 Å². The molecule has 0 radical (unpaired) electrons. The van der Waals surface area contributed by atoms with Gasteiger partial charge < -0.3 is 14.6 Å². The lowest BCUT2D eigenvalue weighted by Crippen LogP contribution is -2.21. The largest absolute Gasteiger partial charge is 0.478 e. The van der Waals surface area contributed by atoms with E-state index in [2.05, 4.69) is 5.10 Å². The maximum atomic E-state index is 12.8. The highest BCUT2D eigenvalue weighted by Crippen LogP contribution is 2.34. The zero-order chi connectivity index (χ0) is 18.3. The molecule has 0 bridgehead atoms. The number of nitrogens with zero attached hydrogens (tertiary/aromatic N) is 2. The molecule has 26 heavy (non-hydrogen) atoms. The van der Waals surface area contributed by atoms with E-state index in [-0.39, 0.29) is 18.3 Å². The quantitative estimate of drug-likeness (QED) is 0.860. The molecule has 2 aromatic carbocycles. The third kappa shape index (κ3) is 2.69. The van der Waals surface area contributed by atoms with Crippen LogP contribution in [0, 0.1) is 0 Å². The first-order chi connectivity index (χ1) is 12.5. The molecule has 0 fully saturated rings. The topological polar surface area (TPSA) is 88.4 Å². The predicted octanol–water partition coefficient (Wildman–Crippen LogP) is 2.92. The second-order valence-corrected chi connectivity index (χ2v) is 5.83. The van der Waals surface area contributed by atoms with Crippen molar-refractivity contribution in [2.45, 2.75) is 6.92 Å². The van der Waals surface area contributed by atoms with Crippen LogP contribution in [0.2, 0.25) is 0 Å². The Morgan fingerprint density at radius 1 is 1.19 bits per heavy atom. The minimum Gasteiger partial charge on any atom is -0.478 e. The van der Waals surface area contributed by atoms with Gasteiger partial charge in [-0.1, -0.05) is 12.1 Å². The fraction of sp³-hybridized carbons (Fsp3) is 0.105. The minimum atomic E-state index is -1.06. The van der Waals surface area contributed by atoms with Gasteiger partial charge >= 0.3 is 5.97 Å². The van der Waals surface area contributed by atoms with Crippen LogP contribution >= 0.6 is 0 Å². The van der Waals surface area contributed by atoms with Gasteiger partial charge in [-0.25, -0.2) is 4.79 Å². The van der Waals surface area contributed by atoms with Crippen LogP contribution in [0.1, 0.15) is 22.8 Å². The van der Waals surface area contributed by atoms with Crippen molar-refractivity contribution in [3.8, 4) is 11.5 Å². The van der Waals surface area contributed by atoms with Crippen LogP contribution in [-0.2, 0) is 4.79 Å². The number of benzene rings is 2. The number of hydrogen-bond donors (Lipinski definition) is 1. The van der Waals surface area contributed by atoms with Crippen LogP contribution in [0.4, 0.5) is 5.69 Å². The van der Waals surface area contributed by atoms with Gasteiger partial charge in [0.1, 0.15) is 0 Å². The molecule has 0 aromatic heterocycles. The predicted molar refractivity (Wildman–Crippen MR) is 94.5 cm³/mol. The standard InChI is InChI=1S/C19H14N2O5/c1-11-15(7-12-5-6-16-17(8-12)26-10-25-16)18(22)21(20-11)14-4-2-3-13(9-14)19(23)24/h2-9H,10H2,1H3,(H,23,24)/b15-7-. The number of fused-ring (bicyclic) bond motifs is 1. The summed E-state index contributed by atoms with van der Waals surface area (Å²) in [5, 5.41) is 14.6. The van der Waals surface area contributed by atoms with Crippen LogP contribution in [-0.4, -0.2) is 29.5 Å². The molecular weight excluding hydrogens is 336 g/mol. The number of anilines is 1. The summed E-state index contributed by atoms with van der Waals surface area (Å²) in [5.41, 5.74) is 2.27. The number of hydrogen-bond acceptors (Lipinski definition) is 5. The average molecular weight is 350 g/mol. The molecule has 4 rings (SSSR count). The van der Waals surface area contributed by atoms with Crippen LogP contribution in [0.25, 0.3) is 6.08 Å². The number of ether oxygens (including phenoxy) is 2. The smallest absolute Gasteiger partial charge is 0.335 e. The first-order valence-corrected chi connectivity index (χ1v) is 7.88. The molecule has 1 amide bonds. The van der Waals surface area contributed by atoms with Crippen molar-refractivity contribution in [1.29, 1.82) is 0 Å². The summed E-state index contributed by atoms with van der Waals surface area (Å²) < 4.78 is 10.6. The Hall–Kier alpha value is -3.61. The Balaban J connectivity index is 1.66. The lowest BCUT2D eigenvalue weighted by molar-refractivity contribution is -0.114. The van der Waals surface area contributed by atoms with Crippen molar-refractivity contribution >= 4 is 29.4 Å². The van der Waals surface area contributed by atoms with Crippen molar-refractivity contribution in [3.05, 3.63) is 59.2 Å². The van der Waals surface area contributed by atoms with E-state index in [1.54, 1.807) is 37.3 Å². The second kappa shape index (κ2) is 6.03. The summed E-state index contributed by atoms with van der Waals surface area (Å²) in [4.78, 5) is 23.9. The Morgan fingerprint density at radius 2 is 2.00 bits per heavy atom. The SMILES string of the molecule is CC1=NN(c2cccc(C(=O)O)c2)C(=O)/C1=C\c1ccc2c(c1)OCO2. The minimum absolute atomic E-state index is 0.0938. The van der Waals surface area contributed by atoms with E-state index in [0.29, 0.717) is 28.5 Å². The van der Waals surface area contributed by atoms with E-state index in [9.17, 15) is 9.59 Å². The maximum absolute atomic E-state index is 12.8. The highest BCUT2D eigenvalue weighted by atomic mass is 16.7. The van der Waals surface area contributed by atoms with Crippen LogP contribution < -0.4 is 14.5 Å². The van der Waals surface area contributed by atoms with Gasteiger partial charge in [0, 0.05) is 0 Å². The van der Waals surface area contributed by atoms with Crippen molar-refractivity contribution in [1.82, 2.24) is 0 Å². The van der Waals surface area contributed by atoms with Gasteiger partial charge in [-0.3, -0.25) is 4.79 Å². The second-order valence-electron chi connectivity index (χ2n) is 5.83. The van der Waals surface area contributed by atoms with E-state index in [4.69, 9.17) is 14.6 Å². The molecule has 0 atom stereocenters. The highest BCUT2D eigenvalue weighted by molar-refractivity contribution is 6.32. The van der Waals surface area contributed by atoms with Gasteiger partial charge in [-0.15, -0.1) is 0 Å². The van der Waals surface area contributed by atoms with E-state index < -0.39 is 5.97 Å². The summed E-state index contributed by atoms with van der Waals surface area (Å²) in [7, 11) is 0. The molecule has 7 heteroatoms.